The highest BCUT2D eigenvalue weighted by atomic mass is 35.5. The number of ketones is 1. The second-order valence-electron chi connectivity index (χ2n) is 6.83. The molecule has 2 N–H and O–H groups in total. The molecule has 2 aliphatic heterocycles. The van der Waals surface area contributed by atoms with E-state index >= 15 is 0 Å². The lowest BCUT2D eigenvalue weighted by Crippen LogP contribution is -2.45. The zero-order chi connectivity index (χ0) is 21.5. The van der Waals surface area contributed by atoms with Crippen LogP contribution in [0.2, 0.25) is 10.0 Å². The van der Waals surface area contributed by atoms with E-state index in [1.807, 2.05) is 0 Å². The summed E-state index contributed by atoms with van der Waals surface area (Å²) in [5, 5.41) is 10.5. The first-order valence-electron chi connectivity index (χ1n) is 8.62. The van der Waals surface area contributed by atoms with Gasteiger partial charge in [-0.2, -0.15) is 5.26 Å². The van der Waals surface area contributed by atoms with Crippen molar-refractivity contribution < 1.29 is 19.1 Å². The van der Waals surface area contributed by atoms with Gasteiger partial charge in [0.25, 0.3) is 0 Å². The van der Waals surface area contributed by atoms with Gasteiger partial charge in [0.1, 0.15) is 6.04 Å². The summed E-state index contributed by atoms with van der Waals surface area (Å²) >= 11 is 12.6. The first-order chi connectivity index (χ1) is 13.7. The van der Waals surface area contributed by atoms with Gasteiger partial charge in [-0.15, -0.1) is 0 Å². The highest BCUT2D eigenvalue weighted by Crippen LogP contribution is 2.55. The van der Waals surface area contributed by atoms with E-state index in [0.717, 1.165) is 7.11 Å². The second-order valence-corrected chi connectivity index (χ2v) is 7.62. The van der Waals surface area contributed by atoms with Crippen molar-refractivity contribution in [2.24, 2.45) is 11.1 Å². The number of primary amides is 1. The molecular weight excluding hydrogens is 417 g/mol. The van der Waals surface area contributed by atoms with Gasteiger partial charge < -0.3 is 15.4 Å². The largest absolute Gasteiger partial charge is 0.468 e. The smallest absolute Gasteiger partial charge is 0.329 e. The van der Waals surface area contributed by atoms with E-state index in [1.165, 1.54) is 30.2 Å². The number of esters is 1. The number of hydrogen-bond donors (Lipinski definition) is 1. The second kappa shape index (κ2) is 7.54. The Hall–Kier alpha value is -2.82. The zero-order valence-electron chi connectivity index (χ0n) is 15.6. The predicted molar refractivity (Wildman–Crippen MR) is 106 cm³/mol. The van der Waals surface area contributed by atoms with Crippen molar-refractivity contribution in [1.82, 2.24) is 4.90 Å². The molecule has 0 bridgehead atoms. The van der Waals surface area contributed by atoms with E-state index in [2.05, 4.69) is 6.07 Å². The number of fused-ring (bicyclic) bond motifs is 1. The van der Waals surface area contributed by atoms with Gasteiger partial charge in [-0.25, -0.2) is 0 Å². The first kappa shape index (κ1) is 20.9. The molecule has 0 spiro atoms. The standard InChI is InChI=1S/C20H17Cl2N3O4/c1-10(26)11-6-7-14-20(9-23,19(28)29-2)15(17(18(24)27)25(14)8-11)12-4-3-5-13(21)16(12)22/h3-8,14-15,17H,1-2H3,(H2,24,27)/t14-,15+,17+,20+/m0/s1. The Labute approximate surface area is 177 Å². The number of carbonyl (C=O) groups is 3. The van der Waals surface area contributed by atoms with Crippen LogP contribution in [0.3, 0.4) is 0 Å². The van der Waals surface area contributed by atoms with Gasteiger partial charge in [-0.05, 0) is 18.6 Å². The predicted octanol–water partition coefficient (Wildman–Crippen LogP) is 2.34. The van der Waals surface area contributed by atoms with E-state index in [9.17, 15) is 19.6 Å². The van der Waals surface area contributed by atoms with Crippen LogP contribution in [0.4, 0.5) is 0 Å². The van der Waals surface area contributed by atoms with Crippen molar-refractivity contribution >= 4 is 40.9 Å². The van der Waals surface area contributed by atoms with Crippen LogP contribution in [0.5, 0.6) is 0 Å². The average Bonchev–Trinajstić information content (AvgIpc) is 2.99. The van der Waals surface area contributed by atoms with E-state index in [4.69, 9.17) is 33.7 Å². The van der Waals surface area contributed by atoms with Gasteiger partial charge in [0.15, 0.2) is 11.2 Å². The fourth-order valence-corrected chi connectivity index (χ4v) is 4.54. The Balaban J connectivity index is 2.36. The number of nitriles is 1. The van der Waals surface area contributed by atoms with E-state index in [-0.39, 0.29) is 15.8 Å². The van der Waals surface area contributed by atoms with E-state index in [1.54, 1.807) is 18.2 Å². The molecule has 1 fully saturated rings. The van der Waals surface area contributed by atoms with Crippen LogP contribution in [0.25, 0.3) is 0 Å². The summed E-state index contributed by atoms with van der Waals surface area (Å²) in [7, 11) is 1.16. The Kier molecular flexibility index (Phi) is 5.44. The highest BCUT2D eigenvalue weighted by Gasteiger charge is 2.66. The number of nitrogens with zero attached hydrogens (tertiary/aromatic N) is 2. The maximum Gasteiger partial charge on any atom is 0.329 e. The molecule has 0 saturated carbocycles. The van der Waals surface area contributed by atoms with Crippen LogP contribution < -0.4 is 5.73 Å². The molecule has 1 aromatic rings. The van der Waals surface area contributed by atoms with Crippen LogP contribution in [0.1, 0.15) is 18.4 Å². The molecule has 2 heterocycles. The molecule has 0 aliphatic carbocycles. The molecule has 1 amide bonds. The van der Waals surface area contributed by atoms with Gasteiger partial charge in [0, 0.05) is 17.7 Å². The van der Waals surface area contributed by atoms with Crippen molar-refractivity contribution in [3.8, 4) is 6.07 Å². The summed E-state index contributed by atoms with van der Waals surface area (Å²) < 4.78 is 4.96. The minimum Gasteiger partial charge on any atom is -0.468 e. The quantitative estimate of drug-likeness (QED) is 0.728. The van der Waals surface area contributed by atoms with Crippen LogP contribution in [0.15, 0.2) is 42.1 Å². The van der Waals surface area contributed by atoms with Crippen molar-refractivity contribution in [2.75, 3.05) is 7.11 Å². The van der Waals surface area contributed by atoms with E-state index < -0.39 is 35.3 Å². The SMILES string of the molecule is COC(=O)[C@@]1(C#N)[C@H](c2cccc(Cl)c2Cl)[C@H](C(N)=O)N2C=C(C(C)=O)C=C[C@H]21. The molecule has 1 aromatic carbocycles. The van der Waals surface area contributed by atoms with Crippen molar-refractivity contribution in [3.63, 3.8) is 0 Å². The Morgan fingerprint density at radius 1 is 1.31 bits per heavy atom. The van der Waals surface area contributed by atoms with Gasteiger partial charge in [0.2, 0.25) is 5.91 Å². The third-order valence-corrected chi connectivity index (χ3v) is 6.22. The third kappa shape index (κ3) is 3.00. The molecule has 0 aromatic heterocycles. The number of rotatable bonds is 4. The molecular formula is C20H17Cl2N3O4. The van der Waals surface area contributed by atoms with Crippen LogP contribution >= 0.6 is 23.2 Å². The van der Waals surface area contributed by atoms with Crippen molar-refractivity contribution in [3.05, 3.63) is 57.7 Å². The van der Waals surface area contributed by atoms with Crippen LogP contribution in [-0.2, 0) is 19.1 Å². The number of allylic oxidation sites excluding steroid dienone is 2. The summed E-state index contributed by atoms with van der Waals surface area (Å²) in [6.45, 7) is 1.37. The summed E-state index contributed by atoms with van der Waals surface area (Å²) in [4.78, 5) is 38.8. The molecule has 3 rings (SSSR count). The fourth-order valence-electron chi connectivity index (χ4n) is 4.12. The van der Waals surface area contributed by atoms with Crippen LogP contribution in [0, 0.1) is 16.7 Å². The number of benzene rings is 1. The number of hydrogen-bond acceptors (Lipinski definition) is 6. The molecule has 9 heteroatoms. The molecule has 0 radical (unpaired) electrons. The molecule has 4 atom stereocenters. The zero-order valence-corrected chi connectivity index (χ0v) is 17.1. The topological polar surface area (TPSA) is 113 Å². The third-order valence-electron chi connectivity index (χ3n) is 5.38. The minimum atomic E-state index is -1.85. The number of Topliss-reactive ketones (excluding diaryl/α,β-unsaturated/α-hetero) is 1. The Bertz CT molecular complexity index is 1010. The molecule has 29 heavy (non-hydrogen) atoms. The van der Waals surface area contributed by atoms with Gasteiger partial charge >= 0.3 is 5.97 Å². The summed E-state index contributed by atoms with van der Waals surface area (Å²) in [5.74, 6) is -2.95. The van der Waals surface area contributed by atoms with Gasteiger partial charge in [-0.1, -0.05) is 47.5 Å². The van der Waals surface area contributed by atoms with Gasteiger partial charge in [-0.3, -0.25) is 14.4 Å². The van der Waals surface area contributed by atoms with E-state index in [0.29, 0.717) is 11.1 Å². The highest BCUT2D eigenvalue weighted by molar-refractivity contribution is 6.42. The fraction of sp³-hybridized carbons (Fsp3) is 0.300. The maximum atomic E-state index is 13.0. The monoisotopic (exact) mass is 433 g/mol. The average molecular weight is 434 g/mol. The molecule has 2 aliphatic rings. The van der Waals surface area contributed by atoms with Crippen molar-refractivity contribution in [2.45, 2.75) is 24.9 Å². The first-order valence-corrected chi connectivity index (χ1v) is 9.37. The maximum absolute atomic E-state index is 13.0. The Morgan fingerprint density at radius 2 is 2.00 bits per heavy atom. The normalized spacial score (nSPS) is 27.6. The van der Waals surface area contributed by atoms with Gasteiger partial charge in [0.05, 0.1) is 29.3 Å². The van der Waals surface area contributed by atoms with Crippen molar-refractivity contribution in [1.29, 1.82) is 5.26 Å². The molecule has 1 saturated heterocycles. The number of methoxy groups -OCH3 is 1. The number of halogens is 2. The summed E-state index contributed by atoms with van der Waals surface area (Å²) in [6, 6.07) is 4.75. The number of nitrogens with two attached hydrogens (primary N) is 1. The summed E-state index contributed by atoms with van der Waals surface area (Å²) in [5.41, 5.74) is 4.48. The number of amides is 1. The Morgan fingerprint density at radius 3 is 2.55 bits per heavy atom. The lowest BCUT2D eigenvalue weighted by molar-refractivity contribution is -0.150. The lowest BCUT2D eigenvalue weighted by Gasteiger charge is -2.32. The minimum absolute atomic E-state index is 0.105. The number of carbonyl (C=O) groups excluding carboxylic acids is 3. The molecule has 7 nitrogen and oxygen atoms in total. The number of ether oxygens (including phenoxy) is 1. The lowest BCUT2D eigenvalue weighted by atomic mass is 9.68. The van der Waals surface area contributed by atoms with Crippen LogP contribution in [-0.4, -0.2) is 41.8 Å². The molecule has 0 unspecified atom stereocenters. The molecule has 150 valence electrons. The summed E-state index contributed by atoms with van der Waals surface area (Å²) in [6.07, 6.45) is 4.49.